The van der Waals surface area contributed by atoms with Gasteiger partial charge in [-0.25, -0.2) is 0 Å². The highest BCUT2D eigenvalue weighted by atomic mass is 32.1. The maximum Gasteiger partial charge on any atom is 0.220 e. The maximum absolute atomic E-state index is 11.8. The molecule has 40 heavy (non-hydrogen) atoms. The molecule has 1 aliphatic rings. The van der Waals surface area contributed by atoms with E-state index in [1.165, 1.54) is 57.6 Å². The summed E-state index contributed by atoms with van der Waals surface area (Å²) >= 11 is 1.85. The van der Waals surface area contributed by atoms with Gasteiger partial charge in [-0.3, -0.25) is 9.69 Å². The van der Waals surface area contributed by atoms with Crippen molar-refractivity contribution in [2.45, 2.75) is 52.0 Å². The summed E-state index contributed by atoms with van der Waals surface area (Å²) in [7, 11) is 0. The second-order valence-corrected chi connectivity index (χ2v) is 11.9. The van der Waals surface area contributed by atoms with Gasteiger partial charge in [0, 0.05) is 28.6 Å². The Bertz CT molecular complexity index is 1370. The third-order valence-corrected chi connectivity index (χ3v) is 8.52. The number of thiophene rings is 1. The van der Waals surface area contributed by atoms with Crippen LogP contribution in [0.5, 0.6) is 11.5 Å². The molecule has 1 aromatic heterocycles. The Kier molecular flexibility index (Phi) is 9.74. The van der Waals surface area contributed by atoms with Gasteiger partial charge < -0.3 is 14.8 Å². The van der Waals surface area contributed by atoms with Crippen LogP contribution in [0, 0.1) is 0 Å². The van der Waals surface area contributed by atoms with Crippen LogP contribution < -0.4 is 14.8 Å². The predicted molar refractivity (Wildman–Crippen MR) is 166 cm³/mol. The standard InChI is InChI=1S/C34H40N2O3S/c1-25(2)35-33(37)10-7-22-38-28-15-11-26(12-16-28)24-31-30-8-3-4-9-32(30)40-34(31)27-13-17-29(18-14-27)39-23-21-36-19-5-6-20-36/h3-4,8-9,11-18,25H,5-7,10,19-24H2,1-2H3,(H,35,37). The molecule has 3 aromatic carbocycles. The van der Waals surface area contributed by atoms with Crippen molar-refractivity contribution in [3.05, 3.63) is 83.9 Å². The molecule has 0 bridgehead atoms. The Labute approximate surface area is 242 Å². The van der Waals surface area contributed by atoms with Crippen LogP contribution >= 0.6 is 11.3 Å². The van der Waals surface area contributed by atoms with Gasteiger partial charge in [0.05, 0.1) is 6.61 Å². The predicted octanol–water partition coefficient (Wildman–Crippen LogP) is 7.32. The van der Waals surface area contributed by atoms with Crippen LogP contribution in [0.4, 0.5) is 0 Å². The molecule has 5 rings (SSSR count). The highest BCUT2D eigenvalue weighted by Gasteiger charge is 2.15. The Morgan fingerprint density at radius 2 is 1.57 bits per heavy atom. The van der Waals surface area contributed by atoms with Crippen LogP contribution in [0.25, 0.3) is 20.5 Å². The molecule has 210 valence electrons. The molecule has 2 heterocycles. The van der Waals surface area contributed by atoms with E-state index in [0.29, 0.717) is 19.4 Å². The third-order valence-electron chi connectivity index (χ3n) is 7.26. The number of carbonyl (C=O) groups excluding carboxylic acids is 1. The molecule has 0 radical (unpaired) electrons. The van der Waals surface area contributed by atoms with Crippen LogP contribution in [-0.4, -0.2) is 49.7 Å². The number of rotatable bonds is 13. The van der Waals surface area contributed by atoms with Crippen molar-refractivity contribution in [3.63, 3.8) is 0 Å². The first kappa shape index (κ1) is 28.2. The van der Waals surface area contributed by atoms with Gasteiger partial charge in [0.15, 0.2) is 0 Å². The molecule has 0 unspecified atom stereocenters. The Morgan fingerprint density at radius 1 is 0.900 bits per heavy atom. The third kappa shape index (κ3) is 7.64. The van der Waals surface area contributed by atoms with Crippen LogP contribution in [0.15, 0.2) is 72.8 Å². The first-order chi connectivity index (χ1) is 19.5. The number of benzene rings is 3. The van der Waals surface area contributed by atoms with E-state index in [4.69, 9.17) is 9.47 Å². The van der Waals surface area contributed by atoms with Gasteiger partial charge in [-0.15, -0.1) is 11.3 Å². The summed E-state index contributed by atoms with van der Waals surface area (Å²) in [4.78, 5) is 15.6. The first-order valence-corrected chi connectivity index (χ1v) is 15.3. The molecule has 1 aliphatic heterocycles. The van der Waals surface area contributed by atoms with Crippen LogP contribution in [0.1, 0.15) is 50.7 Å². The van der Waals surface area contributed by atoms with Gasteiger partial charge in [-0.2, -0.15) is 0 Å². The fraction of sp³-hybridized carbons (Fsp3) is 0.382. The Morgan fingerprint density at radius 3 is 2.30 bits per heavy atom. The molecule has 1 fully saturated rings. The number of nitrogens with one attached hydrogen (secondary N) is 1. The lowest BCUT2D eigenvalue weighted by Gasteiger charge is -2.15. The molecule has 4 aromatic rings. The summed E-state index contributed by atoms with van der Waals surface area (Å²) < 4.78 is 13.2. The lowest BCUT2D eigenvalue weighted by Crippen LogP contribution is -2.30. The molecule has 1 amide bonds. The summed E-state index contributed by atoms with van der Waals surface area (Å²) in [6, 6.07) is 25.8. The van der Waals surface area contributed by atoms with E-state index in [-0.39, 0.29) is 11.9 Å². The van der Waals surface area contributed by atoms with Crippen LogP contribution in [0.2, 0.25) is 0 Å². The van der Waals surface area contributed by atoms with Crippen molar-refractivity contribution in [2.75, 3.05) is 32.8 Å². The highest BCUT2D eigenvalue weighted by Crippen LogP contribution is 2.40. The molecule has 0 aliphatic carbocycles. The van der Waals surface area contributed by atoms with E-state index in [0.717, 1.165) is 31.1 Å². The smallest absolute Gasteiger partial charge is 0.220 e. The molecular formula is C34H40N2O3S. The number of hydrogen-bond acceptors (Lipinski definition) is 5. The quantitative estimate of drug-likeness (QED) is 0.175. The Balaban J connectivity index is 1.22. The van der Waals surface area contributed by atoms with Crippen molar-refractivity contribution in [3.8, 4) is 21.9 Å². The number of amides is 1. The zero-order valence-electron chi connectivity index (χ0n) is 23.7. The summed E-state index contributed by atoms with van der Waals surface area (Å²) in [5.41, 5.74) is 3.83. The second-order valence-electron chi connectivity index (χ2n) is 10.8. The molecule has 6 heteroatoms. The first-order valence-electron chi connectivity index (χ1n) is 14.5. The van der Waals surface area contributed by atoms with Gasteiger partial charge in [0.2, 0.25) is 5.91 Å². The van der Waals surface area contributed by atoms with E-state index < -0.39 is 0 Å². The van der Waals surface area contributed by atoms with E-state index in [1.807, 2.05) is 37.3 Å². The zero-order chi connectivity index (χ0) is 27.7. The number of likely N-dealkylation sites (tertiary alicyclic amines) is 1. The van der Waals surface area contributed by atoms with Crippen molar-refractivity contribution in [1.29, 1.82) is 0 Å². The van der Waals surface area contributed by atoms with Crippen LogP contribution in [-0.2, 0) is 11.2 Å². The number of fused-ring (bicyclic) bond motifs is 1. The molecule has 0 atom stereocenters. The van der Waals surface area contributed by atoms with E-state index in [2.05, 4.69) is 70.9 Å². The zero-order valence-corrected chi connectivity index (χ0v) is 24.5. The fourth-order valence-corrected chi connectivity index (χ4v) is 6.46. The molecule has 1 N–H and O–H groups in total. The molecule has 0 saturated carbocycles. The summed E-state index contributed by atoms with van der Waals surface area (Å²) in [6.45, 7) is 8.61. The topological polar surface area (TPSA) is 50.8 Å². The normalized spacial score (nSPS) is 13.7. The lowest BCUT2D eigenvalue weighted by molar-refractivity contribution is -0.121. The number of carbonyl (C=O) groups is 1. The molecular weight excluding hydrogens is 516 g/mol. The van der Waals surface area contributed by atoms with Gasteiger partial charge in [0.25, 0.3) is 0 Å². The minimum atomic E-state index is 0.0763. The SMILES string of the molecule is CC(C)NC(=O)CCCOc1ccc(Cc2c(-c3ccc(OCCN4CCCC4)cc3)sc3ccccc23)cc1. The molecule has 0 spiro atoms. The number of nitrogens with zero attached hydrogens (tertiary/aromatic N) is 1. The van der Waals surface area contributed by atoms with Crippen molar-refractivity contribution in [1.82, 2.24) is 10.2 Å². The number of hydrogen-bond donors (Lipinski definition) is 1. The van der Waals surface area contributed by atoms with Gasteiger partial charge in [0.1, 0.15) is 18.1 Å². The van der Waals surface area contributed by atoms with Gasteiger partial charge >= 0.3 is 0 Å². The number of ether oxygens (including phenoxy) is 2. The average Bonchev–Trinajstić information content (AvgIpc) is 3.60. The molecule has 5 nitrogen and oxygen atoms in total. The summed E-state index contributed by atoms with van der Waals surface area (Å²) in [5.74, 6) is 1.85. The largest absolute Gasteiger partial charge is 0.494 e. The minimum absolute atomic E-state index is 0.0763. The average molecular weight is 557 g/mol. The lowest BCUT2D eigenvalue weighted by atomic mass is 9.99. The Hall–Kier alpha value is -3.35. The summed E-state index contributed by atoms with van der Waals surface area (Å²) in [5, 5.41) is 4.23. The van der Waals surface area contributed by atoms with Crippen LogP contribution in [0.3, 0.4) is 0 Å². The van der Waals surface area contributed by atoms with Crippen molar-refractivity contribution < 1.29 is 14.3 Å². The maximum atomic E-state index is 11.8. The van der Waals surface area contributed by atoms with Gasteiger partial charge in [-0.1, -0.05) is 30.3 Å². The van der Waals surface area contributed by atoms with Gasteiger partial charge in [-0.05, 0) is 117 Å². The van der Waals surface area contributed by atoms with E-state index >= 15 is 0 Å². The fourth-order valence-electron chi connectivity index (χ4n) is 5.23. The van der Waals surface area contributed by atoms with E-state index in [1.54, 1.807) is 0 Å². The van der Waals surface area contributed by atoms with E-state index in [9.17, 15) is 4.79 Å². The minimum Gasteiger partial charge on any atom is -0.494 e. The summed E-state index contributed by atoms with van der Waals surface area (Å²) in [6.07, 6.45) is 4.65. The molecule has 1 saturated heterocycles. The van der Waals surface area contributed by atoms with Crippen molar-refractivity contribution >= 4 is 27.3 Å². The highest BCUT2D eigenvalue weighted by molar-refractivity contribution is 7.22. The monoisotopic (exact) mass is 556 g/mol. The van der Waals surface area contributed by atoms with Crippen molar-refractivity contribution in [2.24, 2.45) is 0 Å². The second kappa shape index (κ2) is 13.8.